The zero-order chi connectivity index (χ0) is 25.8. The Kier molecular flexibility index (Phi) is 7.27. The molecule has 10 heteroatoms. The summed E-state index contributed by atoms with van der Waals surface area (Å²) < 4.78 is 2.98. The quantitative estimate of drug-likeness (QED) is 0.345. The highest BCUT2D eigenvalue weighted by Crippen LogP contribution is 2.28. The fourth-order valence-electron chi connectivity index (χ4n) is 4.44. The minimum atomic E-state index is -0.490. The molecule has 1 unspecified atom stereocenters. The molecule has 0 spiro atoms. The van der Waals surface area contributed by atoms with Crippen molar-refractivity contribution in [2.45, 2.75) is 37.5 Å². The van der Waals surface area contributed by atoms with E-state index in [2.05, 4.69) is 10.3 Å². The zero-order valence-electron chi connectivity index (χ0n) is 20.1. The number of carbonyl (C=O) groups excluding carboxylic acids is 3. The van der Waals surface area contributed by atoms with Crippen LogP contribution in [0, 0.1) is 0 Å². The highest BCUT2D eigenvalue weighted by molar-refractivity contribution is 8.04. The predicted octanol–water partition coefficient (Wildman–Crippen LogP) is 3.44. The summed E-state index contributed by atoms with van der Waals surface area (Å²) in [6.07, 6.45) is 5.75. The second-order valence-corrected chi connectivity index (χ2v) is 9.86. The normalized spacial score (nSPS) is 17.0. The maximum absolute atomic E-state index is 13.4. The number of fused-ring (bicyclic) bond motifs is 2. The van der Waals surface area contributed by atoms with Gasteiger partial charge in [-0.2, -0.15) is 14.3 Å². The van der Waals surface area contributed by atoms with Gasteiger partial charge in [0.25, 0.3) is 5.56 Å². The topological polar surface area (TPSA) is 104 Å². The average Bonchev–Trinajstić information content (AvgIpc) is 3.39. The third-order valence-corrected chi connectivity index (χ3v) is 7.28. The minimum absolute atomic E-state index is 0.0611. The molecule has 0 saturated heterocycles. The van der Waals surface area contributed by atoms with Crippen molar-refractivity contribution < 1.29 is 19.0 Å². The molecular formula is C27H26N5O4S+. The van der Waals surface area contributed by atoms with Crippen molar-refractivity contribution in [2.75, 3.05) is 11.9 Å². The number of unbranched alkanes of at least 4 members (excludes halogenated alkanes) is 2. The van der Waals surface area contributed by atoms with Gasteiger partial charge in [-0.15, -0.1) is 11.8 Å². The van der Waals surface area contributed by atoms with E-state index in [-0.39, 0.29) is 30.5 Å². The number of pyridine rings is 1. The summed E-state index contributed by atoms with van der Waals surface area (Å²) >= 11 is 1.37. The average molecular weight is 517 g/mol. The van der Waals surface area contributed by atoms with Crippen LogP contribution in [0.2, 0.25) is 0 Å². The number of amides is 4. The van der Waals surface area contributed by atoms with Crippen LogP contribution in [0.25, 0.3) is 5.65 Å². The van der Waals surface area contributed by atoms with Crippen LogP contribution < -0.4 is 10.9 Å². The second-order valence-electron chi connectivity index (χ2n) is 8.84. The fourth-order valence-corrected chi connectivity index (χ4v) is 5.40. The van der Waals surface area contributed by atoms with E-state index in [1.807, 2.05) is 35.7 Å². The molecule has 1 aromatic carbocycles. The molecule has 0 saturated carbocycles. The van der Waals surface area contributed by atoms with E-state index in [9.17, 15) is 19.2 Å². The van der Waals surface area contributed by atoms with Gasteiger partial charge in [0, 0.05) is 24.4 Å². The van der Waals surface area contributed by atoms with Gasteiger partial charge in [0.05, 0.1) is 12.2 Å². The Hall–Kier alpha value is -4.05. The third-order valence-electron chi connectivity index (χ3n) is 6.27. The molecule has 3 aromatic rings. The van der Waals surface area contributed by atoms with Crippen molar-refractivity contribution in [1.29, 1.82) is 0 Å². The molecule has 0 radical (unpaired) electrons. The molecule has 9 nitrogen and oxygen atoms in total. The number of urea groups is 1. The summed E-state index contributed by atoms with van der Waals surface area (Å²) in [5.41, 5.74) is 2.10. The van der Waals surface area contributed by atoms with E-state index in [1.54, 1.807) is 30.5 Å². The lowest BCUT2D eigenvalue weighted by molar-refractivity contribution is -0.455. The monoisotopic (exact) mass is 516 g/mol. The van der Waals surface area contributed by atoms with Crippen molar-refractivity contribution >= 4 is 46.7 Å². The lowest BCUT2D eigenvalue weighted by Crippen LogP contribution is -2.55. The smallest absolute Gasteiger partial charge is 0.326 e. The molecule has 2 aliphatic heterocycles. The molecule has 1 N–H and O–H groups in total. The molecule has 0 bridgehead atoms. The molecule has 4 heterocycles. The van der Waals surface area contributed by atoms with Gasteiger partial charge in [-0.1, -0.05) is 24.3 Å². The predicted molar refractivity (Wildman–Crippen MR) is 142 cm³/mol. The molecule has 2 aromatic heterocycles. The van der Waals surface area contributed by atoms with Gasteiger partial charge in [0.2, 0.25) is 5.91 Å². The van der Waals surface area contributed by atoms with Crippen LogP contribution in [0.1, 0.15) is 31.4 Å². The van der Waals surface area contributed by atoms with Crippen LogP contribution in [-0.2, 0) is 16.1 Å². The maximum atomic E-state index is 13.4. The molecule has 5 rings (SSSR count). The van der Waals surface area contributed by atoms with Crippen LogP contribution in [0.3, 0.4) is 0 Å². The van der Waals surface area contributed by atoms with Gasteiger partial charge in [-0.3, -0.25) is 14.0 Å². The first-order valence-electron chi connectivity index (χ1n) is 12.2. The number of imide groups is 1. The third kappa shape index (κ3) is 5.39. The fraction of sp³-hybridized carbons (Fsp3) is 0.259. The van der Waals surface area contributed by atoms with E-state index in [1.165, 1.54) is 31.7 Å². The molecular weight excluding hydrogens is 490 g/mol. The van der Waals surface area contributed by atoms with Crippen molar-refractivity contribution in [2.24, 2.45) is 0 Å². The Labute approximate surface area is 217 Å². The zero-order valence-corrected chi connectivity index (χ0v) is 20.9. The van der Waals surface area contributed by atoms with Crippen molar-refractivity contribution in [1.82, 2.24) is 14.3 Å². The molecule has 0 fully saturated rings. The Bertz CT molecular complexity index is 1480. The molecule has 37 heavy (non-hydrogen) atoms. The van der Waals surface area contributed by atoms with Gasteiger partial charge in [0.15, 0.2) is 5.25 Å². The van der Waals surface area contributed by atoms with Crippen molar-refractivity contribution in [3.63, 3.8) is 0 Å². The lowest BCUT2D eigenvalue weighted by Gasteiger charge is -2.24. The highest BCUT2D eigenvalue weighted by Gasteiger charge is 2.48. The molecule has 188 valence electrons. The van der Waals surface area contributed by atoms with Gasteiger partial charge >= 0.3 is 11.9 Å². The number of nitrogens with one attached hydrogen (secondary N) is 1. The number of carbonyl (C=O) groups is 3. The Morgan fingerprint density at radius 1 is 1.03 bits per heavy atom. The minimum Gasteiger partial charge on any atom is -0.326 e. The molecule has 0 aliphatic carbocycles. The first kappa shape index (κ1) is 24.6. The first-order valence-corrected chi connectivity index (χ1v) is 13.1. The van der Waals surface area contributed by atoms with Gasteiger partial charge in [-0.25, -0.2) is 9.78 Å². The summed E-state index contributed by atoms with van der Waals surface area (Å²) in [7, 11) is 0. The number of rotatable bonds is 9. The van der Waals surface area contributed by atoms with Crippen LogP contribution in [0.5, 0.6) is 0 Å². The SMILES string of the molecule is O=C(CCCCCN1C(=O)C2SC=CC2=[N+](Cc2cc(=O)n3ccccc3n2)C1=O)Nc1ccccc1. The van der Waals surface area contributed by atoms with E-state index >= 15 is 0 Å². The second kappa shape index (κ2) is 10.9. The van der Waals surface area contributed by atoms with Crippen molar-refractivity contribution in [3.8, 4) is 0 Å². The van der Waals surface area contributed by atoms with E-state index in [4.69, 9.17) is 0 Å². The van der Waals surface area contributed by atoms with Crippen LogP contribution in [0.15, 0.2) is 77.1 Å². The number of benzene rings is 1. The first-order chi connectivity index (χ1) is 18.0. The highest BCUT2D eigenvalue weighted by atomic mass is 32.2. The summed E-state index contributed by atoms with van der Waals surface area (Å²) in [5, 5.41) is 4.18. The summed E-state index contributed by atoms with van der Waals surface area (Å²) in [6.45, 7) is 0.367. The van der Waals surface area contributed by atoms with Gasteiger partial charge < -0.3 is 5.32 Å². The van der Waals surface area contributed by atoms with E-state index < -0.39 is 11.3 Å². The Morgan fingerprint density at radius 2 is 1.84 bits per heavy atom. The Morgan fingerprint density at radius 3 is 2.68 bits per heavy atom. The van der Waals surface area contributed by atoms with Crippen LogP contribution in [0.4, 0.5) is 10.5 Å². The number of aromatic nitrogens is 2. The standard InChI is InChI=1S/C27H25N5O4S/c33-23(29-19-9-3-1-4-10-19)12-5-2-7-15-31-26(35)25-21(13-16-37-25)32(27(31)36)18-20-17-24(34)30-14-8-6-11-22(30)28-20/h1,3-4,6,8-11,13-14,16-17,25H,2,5,7,12,15,18H2/p+1. The Balaban J connectivity index is 1.22. The largest absolute Gasteiger partial charge is 0.501 e. The number of para-hydroxylation sites is 1. The number of thioether (sulfide) groups is 1. The summed E-state index contributed by atoms with van der Waals surface area (Å²) in [6, 6.07) is 15.6. The van der Waals surface area contributed by atoms with Crippen LogP contribution >= 0.6 is 11.8 Å². The number of hydrogen-bond acceptors (Lipinski definition) is 6. The van der Waals surface area contributed by atoms with E-state index in [0.29, 0.717) is 42.7 Å². The molecule has 2 aliphatic rings. The van der Waals surface area contributed by atoms with Gasteiger partial charge in [0.1, 0.15) is 17.9 Å². The van der Waals surface area contributed by atoms with Crippen molar-refractivity contribution in [3.05, 3.63) is 88.3 Å². The summed E-state index contributed by atoms with van der Waals surface area (Å²) in [5.74, 6) is -0.298. The van der Waals surface area contributed by atoms with Crippen LogP contribution in [-0.4, -0.2) is 54.2 Å². The summed E-state index contributed by atoms with van der Waals surface area (Å²) in [4.78, 5) is 57.0. The number of anilines is 1. The molecule has 1 atom stereocenters. The maximum Gasteiger partial charge on any atom is 0.501 e. The lowest BCUT2D eigenvalue weighted by atomic mass is 10.1. The van der Waals surface area contributed by atoms with Gasteiger partial charge in [-0.05, 0) is 55.0 Å². The number of nitrogens with zero attached hydrogens (tertiary/aromatic N) is 4. The number of allylic oxidation sites excluding steroid dienone is 1. The van der Waals surface area contributed by atoms with E-state index in [0.717, 1.165) is 5.69 Å². The molecule has 4 amide bonds. The number of hydrogen-bond donors (Lipinski definition) is 1.